The van der Waals surface area contributed by atoms with Crippen LogP contribution in [0.1, 0.15) is 38.5 Å². The molecule has 0 aromatic rings. The maximum absolute atomic E-state index is 11.9. The lowest BCUT2D eigenvalue weighted by atomic mass is 9.96. The summed E-state index contributed by atoms with van der Waals surface area (Å²) < 4.78 is 11.9. The molecule has 0 aromatic carbocycles. The van der Waals surface area contributed by atoms with Gasteiger partial charge in [0.1, 0.15) is 5.16 Å². The van der Waals surface area contributed by atoms with E-state index in [2.05, 4.69) is 0 Å². The summed E-state index contributed by atoms with van der Waals surface area (Å²) in [6, 6.07) is 0. The van der Waals surface area contributed by atoms with Crippen molar-refractivity contribution in [2.45, 2.75) is 43.7 Å². The third-order valence-corrected chi connectivity index (χ3v) is 6.31. The van der Waals surface area contributed by atoms with Gasteiger partial charge >= 0.3 is 5.97 Å². The number of carboxylic acids is 1. The zero-order valence-corrected chi connectivity index (χ0v) is 10.3. The lowest BCUT2D eigenvalue weighted by molar-refractivity contribution is -0.140. The predicted molar refractivity (Wildman–Crippen MR) is 61.8 cm³/mol. The Morgan fingerprint density at radius 3 is 2.50 bits per heavy atom. The first-order valence-corrected chi connectivity index (χ1v) is 7.56. The summed E-state index contributed by atoms with van der Waals surface area (Å²) in [5.41, 5.74) is 5.35. The minimum absolute atomic E-state index is 0.149. The van der Waals surface area contributed by atoms with Crippen LogP contribution in [-0.2, 0) is 9.36 Å². The van der Waals surface area contributed by atoms with Crippen LogP contribution in [0.4, 0.5) is 0 Å². The molecule has 0 bridgehead atoms. The molecule has 0 radical (unpaired) electrons. The summed E-state index contributed by atoms with van der Waals surface area (Å²) in [5.74, 6) is -1.11. The molecule has 1 heterocycles. The minimum atomic E-state index is -3.52. The number of hydrogen-bond acceptors (Lipinski definition) is 3. The first-order valence-electron chi connectivity index (χ1n) is 5.72. The molecule has 4 N–H and O–H groups in total. The minimum Gasteiger partial charge on any atom is -0.480 e. The topological polar surface area (TPSA) is 101 Å². The molecule has 0 aliphatic carbocycles. The van der Waals surface area contributed by atoms with Crippen LogP contribution < -0.4 is 5.73 Å². The smallest absolute Gasteiger partial charge is 0.319 e. The fourth-order valence-corrected chi connectivity index (χ4v) is 4.70. The van der Waals surface area contributed by atoms with Gasteiger partial charge < -0.3 is 15.7 Å². The Hall–Kier alpha value is -0.380. The summed E-state index contributed by atoms with van der Waals surface area (Å²) in [7, 11) is -3.52. The van der Waals surface area contributed by atoms with Crippen LogP contribution in [-0.4, -0.2) is 33.8 Å². The largest absolute Gasteiger partial charge is 0.480 e. The number of nitrogens with two attached hydrogens (primary N) is 1. The second-order valence-corrected chi connectivity index (χ2v) is 7.17. The van der Waals surface area contributed by atoms with Crippen LogP contribution in [0, 0.1) is 0 Å². The maximum Gasteiger partial charge on any atom is 0.319 e. The quantitative estimate of drug-likeness (QED) is 0.488. The summed E-state index contributed by atoms with van der Waals surface area (Å²) in [6.07, 6.45) is 3.65. The lowest BCUT2D eigenvalue weighted by Gasteiger charge is -2.27. The molecule has 2 unspecified atom stereocenters. The average molecular weight is 249 g/mol. The van der Waals surface area contributed by atoms with E-state index >= 15 is 0 Å². The van der Waals surface area contributed by atoms with Crippen LogP contribution in [0.5, 0.6) is 0 Å². The number of carbonyl (C=O) groups is 1. The van der Waals surface area contributed by atoms with Crippen LogP contribution in [0.3, 0.4) is 0 Å². The van der Waals surface area contributed by atoms with E-state index in [4.69, 9.17) is 5.73 Å². The molecule has 1 saturated heterocycles. The van der Waals surface area contributed by atoms with Gasteiger partial charge in [0.2, 0.25) is 7.37 Å². The Morgan fingerprint density at radius 2 is 2.06 bits per heavy atom. The number of aliphatic carboxylic acids is 1. The van der Waals surface area contributed by atoms with Crippen molar-refractivity contribution in [3.8, 4) is 0 Å². The third-order valence-electron chi connectivity index (χ3n) is 3.41. The van der Waals surface area contributed by atoms with Gasteiger partial charge in [0.05, 0.1) is 0 Å². The average Bonchev–Trinajstić information content (AvgIpc) is 2.50. The van der Waals surface area contributed by atoms with Crippen LogP contribution in [0.15, 0.2) is 0 Å². The van der Waals surface area contributed by atoms with E-state index in [0.29, 0.717) is 32.2 Å². The number of hydrogen-bond donors (Lipinski definition) is 3. The molecule has 2 atom stereocenters. The van der Waals surface area contributed by atoms with Crippen LogP contribution >= 0.6 is 7.37 Å². The van der Waals surface area contributed by atoms with Crippen molar-refractivity contribution >= 4 is 13.3 Å². The number of carboxylic acid groups (broad SMARTS) is 1. The number of rotatable bonds is 6. The second kappa shape index (κ2) is 5.30. The summed E-state index contributed by atoms with van der Waals surface area (Å²) in [6.45, 7) is 0.580. The van der Waals surface area contributed by atoms with E-state index in [1.165, 1.54) is 0 Å². The Bertz CT molecular complexity index is 307. The van der Waals surface area contributed by atoms with Gasteiger partial charge in [-0.25, -0.2) is 0 Å². The third kappa shape index (κ3) is 2.47. The molecular formula is C10H20NO4P. The molecular weight excluding hydrogens is 229 g/mol. The van der Waals surface area contributed by atoms with Crippen molar-refractivity contribution in [2.75, 3.05) is 12.7 Å². The molecule has 0 amide bonds. The highest BCUT2D eigenvalue weighted by molar-refractivity contribution is 7.61. The van der Waals surface area contributed by atoms with Gasteiger partial charge in [0.25, 0.3) is 0 Å². The zero-order chi connectivity index (χ0) is 12.2. The predicted octanol–water partition coefficient (Wildman–Crippen LogP) is 1.39. The standard InChI is InChI=1S/C10H20NO4P/c11-7-3-1-2-5-10(9(12)13)6-4-8-16(10,14)15/h1-8,11H2,(H,12,13)(H,14,15). The summed E-state index contributed by atoms with van der Waals surface area (Å²) >= 11 is 0. The second-order valence-electron chi connectivity index (χ2n) is 4.46. The molecule has 1 aliphatic rings. The van der Waals surface area contributed by atoms with Crippen LogP contribution in [0.2, 0.25) is 0 Å². The molecule has 1 fully saturated rings. The Morgan fingerprint density at radius 1 is 1.38 bits per heavy atom. The molecule has 6 heteroatoms. The fourth-order valence-electron chi connectivity index (χ4n) is 2.38. The van der Waals surface area contributed by atoms with Gasteiger partial charge in [0.15, 0.2) is 0 Å². The first kappa shape index (κ1) is 13.7. The monoisotopic (exact) mass is 249 g/mol. The molecule has 1 rings (SSSR count). The van der Waals surface area contributed by atoms with E-state index in [0.717, 1.165) is 12.8 Å². The van der Waals surface area contributed by atoms with Gasteiger partial charge in [-0.1, -0.05) is 12.8 Å². The van der Waals surface area contributed by atoms with E-state index in [9.17, 15) is 19.4 Å². The van der Waals surface area contributed by atoms with Gasteiger partial charge in [-0.05, 0) is 32.2 Å². The fraction of sp³-hybridized carbons (Fsp3) is 0.900. The highest BCUT2D eigenvalue weighted by atomic mass is 31.2. The van der Waals surface area contributed by atoms with Gasteiger partial charge in [-0.3, -0.25) is 9.36 Å². The molecule has 1 aliphatic heterocycles. The highest BCUT2D eigenvalue weighted by Crippen LogP contribution is 2.64. The molecule has 0 spiro atoms. The van der Waals surface area contributed by atoms with Gasteiger partial charge in [0, 0.05) is 6.16 Å². The lowest BCUT2D eigenvalue weighted by Crippen LogP contribution is -2.35. The summed E-state index contributed by atoms with van der Waals surface area (Å²) in [4.78, 5) is 21.0. The molecule has 5 nitrogen and oxygen atoms in total. The van der Waals surface area contributed by atoms with Crippen molar-refractivity contribution in [1.29, 1.82) is 0 Å². The first-order chi connectivity index (χ1) is 7.46. The van der Waals surface area contributed by atoms with Crippen molar-refractivity contribution in [2.24, 2.45) is 5.73 Å². The van der Waals surface area contributed by atoms with Crippen molar-refractivity contribution < 1.29 is 19.4 Å². The zero-order valence-electron chi connectivity index (χ0n) is 9.39. The van der Waals surface area contributed by atoms with Gasteiger partial charge in [-0.2, -0.15) is 0 Å². The number of unbranched alkanes of at least 4 members (excludes halogenated alkanes) is 2. The normalized spacial score (nSPS) is 34.1. The molecule has 0 aromatic heterocycles. The van der Waals surface area contributed by atoms with Gasteiger partial charge in [-0.15, -0.1) is 0 Å². The maximum atomic E-state index is 11.9. The molecule has 94 valence electrons. The van der Waals surface area contributed by atoms with E-state index in [1.54, 1.807) is 0 Å². The SMILES string of the molecule is NCCCCCC1(C(=O)O)CCCP1(=O)O. The Labute approximate surface area is 95.5 Å². The van der Waals surface area contributed by atoms with Crippen molar-refractivity contribution in [3.63, 3.8) is 0 Å². The highest BCUT2D eigenvalue weighted by Gasteiger charge is 2.56. The van der Waals surface area contributed by atoms with Crippen molar-refractivity contribution in [1.82, 2.24) is 0 Å². The Kier molecular flexibility index (Phi) is 4.53. The van der Waals surface area contributed by atoms with Crippen LogP contribution in [0.25, 0.3) is 0 Å². The van der Waals surface area contributed by atoms with E-state index < -0.39 is 18.5 Å². The molecule has 16 heavy (non-hydrogen) atoms. The van der Waals surface area contributed by atoms with Crippen molar-refractivity contribution in [3.05, 3.63) is 0 Å². The Balaban J connectivity index is 2.67. The van der Waals surface area contributed by atoms with E-state index in [1.807, 2.05) is 0 Å². The molecule has 0 saturated carbocycles. The summed E-state index contributed by atoms with van der Waals surface area (Å²) in [5, 5.41) is 7.83. The van der Waals surface area contributed by atoms with E-state index in [-0.39, 0.29) is 6.16 Å².